The van der Waals surface area contributed by atoms with Gasteiger partial charge >= 0.3 is 0 Å². The van der Waals surface area contributed by atoms with Crippen molar-refractivity contribution < 1.29 is 9.59 Å². The summed E-state index contributed by atoms with van der Waals surface area (Å²) in [5.74, 6) is 1.60. The van der Waals surface area contributed by atoms with Crippen LogP contribution in [0.15, 0.2) is 6.07 Å². The Morgan fingerprint density at radius 3 is 2.29 bits per heavy atom. The molecule has 0 radical (unpaired) electrons. The lowest BCUT2D eigenvalue weighted by Gasteiger charge is -2.26. The van der Waals surface area contributed by atoms with Crippen molar-refractivity contribution in [3.8, 4) is 0 Å². The van der Waals surface area contributed by atoms with E-state index in [0.717, 1.165) is 12.1 Å². The number of hydrogen-bond donors (Lipinski definition) is 1. The number of hydrogen-bond acceptors (Lipinski definition) is 3. The van der Waals surface area contributed by atoms with Crippen LogP contribution in [0.2, 0.25) is 0 Å². The van der Waals surface area contributed by atoms with Gasteiger partial charge in [0.05, 0.1) is 17.8 Å². The molecule has 2 amide bonds. The molecular formula is C25H44N4O2. The first-order valence-corrected chi connectivity index (χ1v) is 12.0. The Morgan fingerprint density at radius 1 is 1.16 bits per heavy atom. The van der Waals surface area contributed by atoms with Gasteiger partial charge in [0.1, 0.15) is 5.82 Å². The molecule has 1 N–H and O–H groups in total. The van der Waals surface area contributed by atoms with Crippen molar-refractivity contribution in [2.24, 2.45) is 11.8 Å². The molecular weight excluding hydrogens is 388 g/mol. The maximum Gasteiger partial charge on any atom is 0.245 e. The van der Waals surface area contributed by atoms with Crippen LogP contribution in [-0.2, 0) is 20.5 Å². The van der Waals surface area contributed by atoms with Crippen molar-refractivity contribution in [3.63, 3.8) is 0 Å². The molecule has 0 aromatic carbocycles. The predicted molar refractivity (Wildman–Crippen MR) is 127 cm³/mol. The highest BCUT2D eigenvalue weighted by atomic mass is 16.2. The summed E-state index contributed by atoms with van der Waals surface area (Å²) in [5.41, 5.74) is 0.556. The van der Waals surface area contributed by atoms with E-state index in [9.17, 15) is 9.59 Å². The van der Waals surface area contributed by atoms with Crippen LogP contribution >= 0.6 is 0 Å². The quantitative estimate of drug-likeness (QED) is 0.604. The summed E-state index contributed by atoms with van der Waals surface area (Å²) < 4.78 is 1.88. The van der Waals surface area contributed by atoms with Gasteiger partial charge in [0.2, 0.25) is 11.8 Å². The summed E-state index contributed by atoms with van der Waals surface area (Å²) in [6.07, 6.45) is 6.54. The number of carbonyl (C=O) groups is 2. The van der Waals surface area contributed by atoms with Crippen LogP contribution in [0, 0.1) is 11.8 Å². The Kier molecular flexibility index (Phi) is 8.34. The van der Waals surface area contributed by atoms with Gasteiger partial charge < -0.3 is 10.2 Å². The second-order valence-corrected chi connectivity index (χ2v) is 11.7. The Hall–Kier alpha value is -1.85. The highest BCUT2D eigenvalue weighted by Crippen LogP contribution is 2.29. The van der Waals surface area contributed by atoms with E-state index in [0.29, 0.717) is 30.6 Å². The smallest absolute Gasteiger partial charge is 0.245 e. The Bertz CT molecular complexity index is 747. The monoisotopic (exact) mass is 432 g/mol. The van der Waals surface area contributed by atoms with Crippen molar-refractivity contribution in [1.82, 2.24) is 14.7 Å². The Labute approximate surface area is 189 Å². The SMILES string of the molecule is CC(C)CN(CC(=O)Nc1cc(C(C)(C)C)nn1C(C)(C)C)C(=O)CCC1CCCC1. The van der Waals surface area contributed by atoms with Crippen molar-refractivity contribution in [2.75, 3.05) is 18.4 Å². The first kappa shape index (κ1) is 25.4. The maximum atomic E-state index is 13.0. The van der Waals surface area contributed by atoms with Gasteiger partial charge in [0.15, 0.2) is 0 Å². The fourth-order valence-corrected chi connectivity index (χ4v) is 4.18. The summed E-state index contributed by atoms with van der Waals surface area (Å²) in [7, 11) is 0. The number of carbonyl (C=O) groups excluding carboxylic acids is 2. The summed E-state index contributed by atoms with van der Waals surface area (Å²) in [5, 5.41) is 7.80. The van der Waals surface area contributed by atoms with Crippen molar-refractivity contribution in [1.29, 1.82) is 0 Å². The standard InChI is InChI=1S/C25H44N4O2/c1-18(2)16-28(23(31)14-13-19-11-9-10-12-19)17-22(30)26-21-15-20(24(3,4)5)27-29(21)25(6,7)8/h15,18-19H,9-14,16-17H2,1-8H3,(H,26,30). The molecule has 31 heavy (non-hydrogen) atoms. The first-order chi connectivity index (χ1) is 14.3. The third-order valence-electron chi connectivity index (χ3n) is 5.89. The third-order valence-corrected chi connectivity index (χ3v) is 5.89. The second-order valence-electron chi connectivity index (χ2n) is 11.7. The lowest BCUT2D eigenvalue weighted by Crippen LogP contribution is -2.40. The van der Waals surface area contributed by atoms with Crippen LogP contribution in [0.4, 0.5) is 5.82 Å². The lowest BCUT2D eigenvalue weighted by molar-refractivity contribution is -0.135. The molecule has 0 atom stereocenters. The molecule has 176 valence electrons. The molecule has 1 aliphatic rings. The molecule has 0 saturated heterocycles. The van der Waals surface area contributed by atoms with E-state index >= 15 is 0 Å². The maximum absolute atomic E-state index is 13.0. The molecule has 2 rings (SSSR count). The molecule has 0 bridgehead atoms. The number of rotatable bonds is 8. The zero-order chi connectivity index (χ0) is 23.4. The summed E-state index contributed by atoms with van der Waals surface area (Å²) in [4.78, 5) is 27.6. The van der Waals surface area contributed by atoms with E-state index in [1.54, 1.807) is 4.90 Å². The fraction of sp³-hybridized carbons (Fsp3) is 0.800. The molecule has 0 aliphatic heterocycles. The van der Waals surface area contributed by atoms with Crippen molar-refractivity contribution in [2.45, 2.75) is 105 Å². The van der Waals surface area contributed by atoms with Crippen LogP contribution in [-0.4, -0.2) is 39.6 Å². The lowest BCUT2D eigenvalue weighted by atomic mass is 9.92. The minimum Gasteiger partial charge on any atom is -0.333 e. The number of nitrogens with one attached hydrogen (secondary N) is 1. The van der Waals surface area contributed by atoms with Gasteiger partial charge in [-0.25, -0.2) is 4.68 Å². The fourth-order valence-electron chi connectivity index (χ4n) is 4.18. The molecule has 1 aromatic heterocycles. The summed E-state index contributed by atoms with van der Waals surface area (Å²) >= 11 is 0. The van der Waals surface area contributed by atoms with E-state index in [1.165, 1.54) is 25.7 Å². The van der Waals surface area contributed by atoms with Gasteiger partial charge in [0, 0.05) is 24.4 Å². The van der Waals surface area contributed by atoms with E-state index < -0.39 is 0 Å². The van der Waals surface area contributed by atoms with Gasteiger partial charge in [-0.15, -0.1) is 0 Å². The minimum absolute atomic E-state index is 0.0852. The van der Waals surface area contributed by atoms with Gasteiger partial charge in [-0.2, -0.15) is 5.10 Å². The van der Waals surface area contributed by atoms with Crippen LogP contribution < -0.4 is 5.32 Å². The van der Waals surface area contributed by atoms with Crippen LogP contribution in [0.25, 0.3) is 0 Å². The Morgan fingerprint density at radius 2 is 1.77 bits per heavy atom. The average Bonchev–Trinajstić information content (AvgIpc) is 3.27. The van der Waals surface area contributed by atoms with Crippen molar-refractivity contribution in [3.05, 3.63) is 11.8 Å². The van der Waals surface area contributed by atoms with Crippen molar-refractivity contribution >= 4 is 17.6 Å². The first-order valence-electron chi connectivity index (χ1n) is 12.0. The molecule has 6 nitrogen and oxygen atoms in total. The van der Waals surface area contributed by atoms with Crippen LogP contribution in [0.3, 0.4) is 0 Å². The predicted octanol–water partition coefficient (Wildman–Crippen LogP) is 5.33. The summed E-state index contributed by atoms with van der Waals surface area (Å²) in [6.45, 7) is 17.4. The average molecular weight is 433 g/mol. The van der Waals surface area contributed by atoms with Crippen LogP contribution in [0.5, 0.6) is 0 Å². The topological polar surface area (TPSA) is 67.2 Å². The van der Waals surface area contributed by atoms with E-state index in [2.05, 4.69) is 60.7 Å². The minimum atomic E-state index is -0.263. The number of amides is 2. The van der Waals surface area contributed by atoms with Gasteiger partial charge in [-0.05, 0) is 39.0 Å². The molecule has 0 spiro atoms. The van der Waals surface area contributed by atoms with E-state index in [-0.39, 0.29) is 29.3 Å². The molecule has 1 aliphatic carbocycles. The van der Waals surface area contributed by atoms with Crippen LogP contribution in [0.1, 0.15) is 99.6 Å². The van der Waals surface area contributed by atoms with E-state index in [1.807, 2.05) is 10.7 Å². The molecule has 6 heteroatoms. The third kappa shape index (κ3) is 7.65. The normalized spacial score (nSPS) is 15.5. The number of anilines is 1. The number of nitrogens with zero attached hydrogens (tertiary/aromatic N) is 3. The molecule has 1 heterocycles. The van der Waals surface area contributed by atoms with E-state index in [4.69, 9.17) is 5.10 Å². The molecule has 1 fully saturated rings. The summed E-state index contributed by atoms with van der Waals surface area (Å²) in [6, 6.07) is 1.96. The largest absolute Gasteiger partial charge is 0.333 e. The highest BCUT2D eigenvalue weighted by molar-refractivity contribution is 5.94. The molecule has 1 aromatic rings. The van der Waals surface area contributed by atoms with Gasteiger partial charge in [-0.1, -0.05) is 60.3 Å². The zero-order valence-corrected chi connectivity index (χ0v) is 21.0. The number of aromatic nitrogens is 2. The molecule has 0 unspecified atom stereocenters. The second kappa shape index (κ2) is 10.2. The van der Waals surface area contributed by atoms with Gasteiger partial charge in [-0.3, -0.25) is 9.59 Å². The zero-order valence-electron chi connectivity index (χ0n) is 21.0. The molecule has 1 saturated carbocycles. The Balaban J connectivity index is 2.09. The van der Waals surface area contributed by atoms with Gasteiger partial charge in [0.25, 0.3) is 0 Å². The highest BCUT2D eigenvalue weighted by Gasteiger charge is 2.27.